The normalized spacial score (nSPS) is 15.6. The minimum atomic E-state index is 0.00260. The van der Waals surface area contributed by atoms with Gasteiger partial charge in [-0.1, -0.05) is 48.6 Å². The number of nitrogens with zero attached hydrogens (tertiary/aromatic N) is 3. The van der Waals surface area contributed by atoms with Crippen LogP contribution in [0.5, 0.6) is 5.75 Å². The zero-order valence-corrected chi connectivity index (χ0v) is 14.8. The number of amides is 1. The highest BCUT2D eigenvalue weighted by Gasteiger charge is 2.15. The monoisotopic (exact) mass is 342 g/mol. The van der Waals surface area contributed by atoms with E-state index in [0.717, 1.165) is 18.6 Å². The Morgan fingerprint density at radius 2 is 1.92 bits per heavy atom. The maximum Gasteiger partial charge on any atom is 0.242 e. The molecule has 1 aromatic heterocycles. The smallest absolute Gasteiger partial charge is 0.242 e. The molecular formula is C19H26N4O2. The SMILES string of the molecule is Cc1ccc(OCc2cn(CC(=O)NC3CCCCCC3)nn2)cc1. The van der Waals surface area contributed by atoms with Crippen molar-refractivity contribution in [1.82, 2.24) is 20.3 Å². The van der Waals surface area contributed by atoms with E-state index in [-0.39, 0.29) is 12.5 Å². The second-order valence-corrected chi connectivity index (χ2v) is 6.77. The van der Waals surface area contributed by atoms with E-state index >= 15 is 0 Å². The Bertz CT molecular complexity index is 673. The summed E-state index contributed by atoms with van der Waals surface area (Å²) in [5.41, 5.74) is 1.90. The summed E-state index contributed by atoms with van der Waals surface area (Å²) in [6.45, 7) is 2.58. The van der Waals surface area contributed by atoms with Gasteiger partial charge in [-0.3, -0.25) is 4.79 Å². The van der Waals surface area contributed by atoms with Gasteiger partial charge in [0.05, 0.1) is 6.20 Å². The average Bonchev–Trinajstić information content (AvgIpc) is 2.88. The fourth-order valence-electron chi connectivity index (χ4n) is 3.12. The summed E-state index contributed by atoms with van der Waals surface area (Å²) in [6.07, 6.45) is 8.89. The fraction of sp³-hybridized carbons (Fsp3) is 0.526. The molecule has 134 valence electrons. The molecule has 1 fully saturated rings. The number of aryl methyl sites for hydroxylation is 1. The van der Waals surface area contributed by atoms with Crippen LogP contribution >= 0.6 is 0 Å². The van der Waals surface area contributed by atoms with Crippen molar-refractivity contribution in [3.8, 4) is 5.75 Å². The number of carbonyl (C=O) groups excluding carboxylic acids is 1. The van der Waals surface area contributed by atoms with Crippen molar-refractivity contribution >= 4 is 5.91 Å². The van der Waals surface area contributed by atoms with Crippen LogP contribution in [0.4, 0.5) is 0 Å². The number of carbonyl (C=O) groups is 1. The van der Waals surface area contributed by atoms with Crippen LogP contribution in [-0.2, 0) is 17.9 Å². The van der Waals surface area contributed by atoms with Gasteiger partial charge >= 0.3 is 0 Å². The molecule has 1 saturated carbocycles. The van der Waals surface area contributed by atoms with Crippen LogP contribution in [0.2, 0.25) is 0 Å². The van der Waals surface area contributed by atoms with Gasteiger partial charge in [0.25, 0.3) is 0 Å². The van der Waals surface area contributed by atoms with E-state index in [0.29, 0.717) is 18.3 Å². The minimum absolute atomic E-state index is 0.00260. The van der Waals surface area contributed by atoms with E-state index < -0.39 is 0 Å². The van der Waals surface area contributed by atoms with Crippen LogP contribution in [0.1, 0.15) is 49.8 Å². The maximum atomic E-state index is 12.2. The van der Waals surface area contributed by atoms with E-state index in [1.54, 1.807) is 10.9 Å². The Morgan fingerprint density at radius 3 is 2.64 bits per heavy atom. The highest BCUT2D eigenvalue weighted by atomic mass is 16.5. The molecular weight excluding hydrogens is 316 g/mol. The van der Waals surface area contributed by atoms with Gasteiger partial charge in [-0.2, -0.15) is 0 Å². The number of nitrogens with one attached hydrogen (secondary N) is 1. The second-order valence-electron chi connectivity index (χ2n) is 6.77. The number of hydrogen-bond donors (Lipinski definition) is 1. The van der Waals surface area contributed by atoms with E-state index in [4.69, 9.17) is 4.74 Å². The molecule has 1 aliphatic carbocycles. The molecule has 1 heterocycles. The van der Waals surface area contributed by atoms with Crippen molar-refractivity contribution in [3.05, 3.63) is 41.7 Å². The molecule has 0 saturated heterocycles. The van der Waals surface area contributed by atoms with Gasteiger partial charge in [-0.05, 0) is 31.9 Å². The molecule has 6 nitrogen and oxygen atoms in total. The number of ether oxygens (including phenoxy) is 1. The van der Waals surface area contributed by atoms with Gasteiger partial charge in [0.2, 0.25) is 5.91 Å². The summed E-state index contributed by atoms with van der Waals surface area (Å²) >= 11 is 0. The van der Waals surface area contributed by atoms with Crippen molar-refractivity contribution in [2.45, 2.75) is 64.6 Å². The molecule has 0 atom stereocenters. The third-order valence-electron chi connectivity index (χ3n) is 4.52. The van der Waals surface area contributed by atoms with Gasteiger partial charge in [0, 0.05) is 6.04 Å². The van der Waals surface area contributed by atoms with E-state index in [1.807, 2.05) is 31.2 Å². The van der Waals surface area contributed by atoms with Gasteiger partial charge in [0.15, 0.2) is 0 Å². The molecule has 0 radical (unpaired) electrons. The third kappa shape index (κ3) is 5.59. The largest absolute Gasteiger partial charge is 0.487 e. The van der Waals surface area contributed by atoms with Crippen molar-refractivity contribution in [3.63, 3.8) is 0 Å². The Balaban J connectivity index is 1.45. The standard InChI is InChI=1S/C19H26N4O2/c1-15-8-10-18(11-9-15)25-14-17-12-23(22-21-17)13-19(24)20-16-6-4-2-3-5-7-16/h8-12,16H,2-7,13-14H2,1H3,(H,20,24). The number of hydrogen-bond acceptors (Lipinski definition) is 4. The lowest BCUT2D eigenvalue weighted by Crippen LogP contribution is -2.36. The molecule has 3 rings (SSSR count). The number of rotatable bonds is 6. The van der Waals surface area contributed by atoms with Crippen molar-refractivity contribution in [2.75, 3.05) is 0 Å². The van der Waals surface area contributed by atoms with Crippen LogP contribution in [0.25, 0.3) is 0 Å². The lowest BCUT2D eigenvalue weighted by molar-refractivity contribution is -0.122. The predicted octanol–water partition coefficient (Wildman–Crippen LogP) is 3.00. The average molecular weight is 342 g/mol. The predicted molar refractivity (Wildman–Crippen MR) is 95.2 cm³/mol. The molecule has 0 spiro atoms. The summed E-state index contributed by atoms with van der Waals surface area (Å²) in [5.74, 6) is 0.800. The first-order valence-electron chi connectivity index (χ1n) is 9.07. The van der Waals surface area contributed by atoms with Crippen LogP contribution in [0, 0.1) is 6.92 Å². The molecule has 0 unspecified atom stereocenters. The fourth-order valence-corrected chi connectivity index (χ4v) is 3.12. The summed E-state index contributed by atoms with van der Waals surface area (Å²) in [4.78, 5) is 12.2. The third-order valence-corrected chi connectivity index (χ3v) is 4.52. The second kappa shape index (κ2) is 8.65. The topological polar surface area (TPSA) is 69.0 Å². The molecule has 25 heavy (non-hydrogen) atoms. The molecule has 1 N–H and O–H groups in total. The van der Waals surface area contributed by atoms with Gasteiger partial charge < -0.3 is 10.1 Å². The van der Waals surface area contributed by atoms with E-state index in [2.05, 4.69) is 15.6 Å². The zero-order valence-electron chi connectivity index (χ0n) is 14.8. The summed E-state index contributed by atoms with van der Waals surface area (Å²) in [6, 6.07) is 8.18. The zero-order chi connectivity index (χ0) is 17.5. The summed E-state index contributed by atoms with van der Waals surface area (Å²) in [7, 11) is 0. The van der Waals surface area contributed by atoms with Gasteiger partial charge in [0.1, 0.15) is 24.6 Å². The number of aromatic nitrogens is 3. The molecule has 0 bridgehead atoms. The molecule has 1 aliphatic rings. The summed E-state index contributed by atoms with van der Waals surface area (Å²) in [5, 5.41) is 11.2. The highest BCUT2D eigenvalue weighted by molar-refractivity contribution is 5.75. The van der Waals surface area contributed by atoms with Gasteiger partial charge in [-0.15, -0.1) is 5.10 Å². The highest BCUT2D eigenvalue weighted by Crippen LogP contribution is 2.17. The Kier molecular flexibility index (Phi) is 6.04. The van der Waals surface area contributed by atoms with Crippen molar-refractivity contribution in [2.24, 2.45) is 0 Å². The van der Waals surface area contributed by atoms with Crippen molar-refractivity contribution < 1.29 is 9.53 Å². The first-order chi connectivity index (χ1) is 12.2. The maximum absolute atomic E-state index is 12.2. The van der Waals surface area contributed by atoms with E-state index in [1.165, 1.54) is 31.2 Å². The Hall–Kier alpha value is -2.37. The Labute approximate surface area is 148 Å². The molecule has 1 amide bonds. The number of benzene rings is 1. The summed E-state index contributed by atoms with van der Waals surface area (Å²) < 4.78 is 7.25. The quantitative estimate of drug-likeness (QED) is 0.819. The van der Waals surface area contributed by atoms with Crippen LogP contribution < -0.4 is 10.1 Å². The van der Waals surface area contributed by atoms with Gasteiger partial charge in [-0.25, -0.2) is 4.68 Å². The molecule has 0 aliphatic heterocycles. The van der Waals surface area contributed by atoms with Crippen molar-refractivity contribution in [1.29, 1.82) is 0 Å². The lowest BCUT2D eigenvalue weighted by Gasteiger charge is -2.15. The minimum Gasteiger partial charge on any atom is -0.487 e. The Morgan fingerprint density at radius 1 is 1.20 bits per heavy atom. The lowest BCUT2D eigenvalue weighted by atomic mass is 10.1. The first-order valence-corrected chi connectivity index (χ1v) is 9.07. The molecule has 6 heteroatoms. The first kappa shape index (κ1) is 17.5. The van der Waals surface area contributed by atoms with E-state index in [9.17, 15) is 4.79 Å². The van der Waals surface area contributed by atoms with Crippen LogP contribution in [0.15, 0.2) is 30.5 Å². The molecule has 1 aromatic carbocycles. The molecule has 2 aromatic rings. The van der Waals surface area contributed by atoms with Crippen LogP contribution in [0.3, 0.4) is 0 Å². The van der Waals surface area contributed by atoms with Crippen LogP contribution in [-0.4, -0.2) is 26.9 Å².